The number of carboxylic acid groups (broad SMARTS) is 1. The van der Waals surface area contributed by atoms with Crippen LogP contribution in [0.15, 0.2) is 0 Å². The van der Waals surface area contributed by atoms with Crippen LogP contribution < -0.4 is 10.6 Å². The number of carbonyl (C=O) groups is 2. The van der Waals surface area contributed by atoms with Crippen LogP contribution in [0.1, 0.15) is 39.5 Å². The minimum atomic E-state index is -1.22. The number of nitrogens with one attached hydrogen (secondary N) is 2. The zero-order chi connectivity index (χ0) is 15.5. The van der Waals surface area contributed by atoms with Crippen molar-refractivity contribution in [3.63, 3.8) is 0 Å². The lowest BCUT2D eigenvalue weighted by Gasteiger charge is -2.33. The first-order valence-corrected chi connectivity index (χ1v) is 7.38. The molecule has 0 aromatic carbocycles. The Morgan fingerprint density at radius 1 is 1.24 bits per heavy atom. The van der Waals surface area contributed by atoms with E-state index < -0.39 is 17.5 Å². The van der Waals surface area contributed by atoms with Crippen LogP contribution in [-0.4, -0.2) is 54.1 Å². The first-order valence-electron chi connectivity index (χ1n) is 7.38. The lowest BCUT2D eigenvalue weighted by molar-refractivity contribution is -0.148. The fourth-order valence-electron chi connectivity index (χ4n) is 2.80. The molecule has 7 nitrogen and oxygen atoms in total. The van der Waals surface area contributed by atoms with Crippen molar-refractivity contribution in [1.29, 1.82) is 0 Å². The molecule has 0 aromatic rings. The number of ether oxygens (including phenoxy) is 2. The highest BCUT2D eigenvalue weighted by molar-refractivity contribution is 5.86. The van der Waals surface area contributed by atoms with E-state index in [1.165, 1.54) is 0 Å². The van der Waals surface area contributed by atoms with E-state index in [0.29, 0.717) is 19.8 Å². The topological polar surface area (TPSA) is 96.9 Å². The van der Waals surface area contributed by atoms with Gasteiger partial charge < -0.3 is 25.2 Å². The summed E-state index contributed by atoms with van der Waals surface area (Å²) < 4.78 is 10.9. The van der Waals surface area contributed by atoms with Crippen LogP contribution in [0.2, 0.25) is 0 Å². The number of rotatable bonds is 4. The van der Waals surface area contributed by atoms with Crippen LogP contribution in [0.25, 0.3) is 0 Å². The molecule has 3 N–H and O–H groups in total. The molecule has 0 aliphatic carbocycles. The highest BCUT2D eigenvalue weighted by atomic mass is 16.5. The predicted molar refractivity (Wildman–Crippen MR) is 75.1 cm³/mol. The number of carbonyl (C=O) groups excluding carboxylic acids is 1. The number of amides is 2. The second kappa shape index (κ2) is 6.19. The van der Waals surface area contributed by atoms with Crippen LogP contribution in [0.3, 0.4) is 0 Å². The van der Waals surface area contributed by atoms with Gasteiger partial charge in [-0.1, -0.05) is 0 Å². The summed E-state index contributed by atoms with van der Waals surface area (Å²) in [6, 6.07) is -0.465. The highest BCUT2D eigenvalue weighted by Crippen LogP contribution is 2.28. The number of urea groups is 1. The van der Waals surface area contributed by atoms with Crippen molar-refractivity contribution < 1.29 is 24.2 Å². The number of aliphatic carboxylic acids is 1. The van der Waals surface area contributed by atoms with Gasteiger partial charge in [0.05, 0.1) is 11.7 Å². The molecule has 2 fully saturated rings. The Hall–Kier alpha value is -1.34. The molecule has 2 rings (SSSR count). The summed E-state index contributed by atoms with van der Waals surface area (Å²) in [4.78, 5) is 23.4. The molecule has 0 saturated carbocycles. The summed E-state index contributed by atoms with van der Waals surface area (Å²) in [5.74, 6) is -1.01. The van der Waals surface area contributed by atoms with Gasteiger partial charge in [0.25, 0.3) is 0 Å². The molecule has 120 valence electrons. The number of hydrogen-bond donors (Lipinski definition) is 3. The van der Waals surface area contributed by atoms with Gasteiger partial charge in [-0.05, 0) is 26.7 Å². The van der Waals surface area contributed by atoms with Gasteiger partial charge in [-0.3, -0.25) is 0 Å². The summed E-state index contributed by atoms with van der Waals surface area (Å²) >= 11 is 0. The Bertz CT molecular complexity index is 404. The second-order valence-corrected chi connectivity index (χ2v) is 6.37. The molecule has 1 atom stereocenters. The summed E-state index contributed by atoms with van der Waals surface area (Å²) in [6.45, 7) is 5.11. The number of carboxylic acids is 1. The van der Waals surface area contributed by atoms with Crippen molar-refractivity contribution in [2.24, 2.45) is 0 Å². The van der Waals surface area contributed by atoms with Crippen LogP contribution in [-0.2, 0) is 14.3 Å². The van der Waals surface area contributed by atoms with Crippen molar-refractivity contribution in [3.05, 3.63) is 0 Å². The normalized spacial score (nSPS) is 27.0. The molecule has 0 radical (unpaired) electrons. The molecule has 2 heterocycles. The average Bonchev–Trinajstić information content (AvgIpc) is 2.77. The molecule has 0 aromatic heterocycles. The average molecular weight is 300 g/mol. The molecule has 21 heavy (non-hydrogen) atoms. The summed E-state index contributed by atoms with van der Waals surface area (Å²) in [5, 5.41) is 14.7. The van der Waals surface area contributed by atoms with Crippen molar-refractivity contribution in [3.8, 4) is 0 Å². The minimum absolute atomic E-state index is 0.0128. The van der Waals surface area contributed by atoms with Crippen molar-refractivity contribution in [1.82, 2.24) is 10.6 Å². The summed E-state index contributed by atoms with van der Waals surface area (Å²) in [5.41, 5.74) is -1.37. The number of hydrogen-bond acceptors (Lipinski definition) is 4. The van der Waals surface area contributed by atoms with Gasteiger partial charge >= 0.3 is 12.0 Å². The van der Waals surface area contributed by atoms with Gasteiger partial charge in [0.1, 0.15) is 5.54 Å². The molecule has 2 saturated heterocycles. The van der Waals surface area contributed by atoms with Gasteiger partial charge in [0, 0.05) is 32.6 Å². The molecule has 0 bridgehead atoms. The van der Waals surface area contributed by atoms with E-state index in [1.807, 2.05) is 13.8 Å². The Morgan fingerprint density at radius 3 is 2.43 bits per heavy atom. The maximum Gasteiger partial charge on any atom is 0.329 e. The Labute approximate surface area is 124 Å². The fourth-order valence-corrected chi connectivity index (χ4v) is 2.80. The van der Waals surface area contributed by atoms with Crippen molar-refractivity contribution in [2.45, 2.75) is 56.8 Å². The third kappa shape index (κ3) is 4.07. The van der Waals surface area contributed by atoms with Crippen LogP contribution in [0.5, 0.6) is 0 Å². The van der Waals surface area contributed by atoms with Crippen LogP contribution in [0, 0.1) is 0 Å². The third-order valence-corrected chi connectivity index (χ3v) is 4.15. The van der Waals surface area contributed by atoms with E-state index in [4.69, 9.17) is 9.47 Å². The molecule has 0 spiro atoms. The van der Waals surface area contributed by atoms with Crippen molar-refractivity contribution in [2.75, 3.05) is 19.8 Å². The van der Waals surface area contributed by atoms with Gasteiger partial charge in [0.2, 0.25) is 0 Å². The summed E-state index contributed by atoms with van der Waals surface area (Å²) in [7, 11) is 0. The quantitative estimate of drug-likeness (QED) is 0.716. The molecule has 2 aliphatic heterocycles. The first-order chi connectivity index (χ1) is 9.83. The van der Waals surface area contributed by atoms with Gasteiger partial charge in [0.15, 0.2) is 0 Å². The Balaban J connectivity index is 1.82. The SMILES string of the molecule is CC1(C)CCC(CNC(=O)NC2(C(=O)O)CCOCC2)O1. The largest absolute Gasteiger partial charge is 0.480 e. The van der Waals surface area contributed by atoms with E-state index in [1.54, 1.807) is 0 Å². The third-order valence-electron chi connectivity index (χ3n) is 4.15. The second-order valence-electron chi connectivity index (χ2n) is 6.37. The highest BCUT2D eigenvalue weighted by Gasteiger charge is 2.41. The molecular formula is C14H24N2O5. The van der Waals surface area contributed by atoms with Gasteiger partial charge in [-0.15, -0.1) is 0 Å². The predicted octanol–water partition coefficient (Wildman–Crippen LogP) is 0.877. The molecular weight excluding hydrogens is 276 g/mol. The summed E-state index contributed by atoms with van der Waals surface area (Å²) in [6.07, 6.45) is 2.40. The van der Waals surface area contributed by atoms with Gasteiger partial charge in [-0.2, -0.15) is 0 Å². The Kier molecular flexibility index (Phi) is 4.73. The Morgan fingerprint density at radius 2 is 1.90 bits per heavy atom. The molecule has 2 aliphatic rings. The minimum Gasteiger partial charge on any atom is -0.480 e. The van der Waals surface area contributed by atoms with E-state index in [-0.39, 0.29) is 24.5 Å². The lowest BCUT2D eigenvalue weighted by Crippen LogP contribution is -2.60. The molecule has 2 amide bonds. The standard InChI is InChI=1S/C14H24N2O5/c1-13(2)4-3-10(21-13)9-15-12(19)16-14(11(17)18)5-7-20-8-6-14/h10H,3-9H2,1-2H3,(H,17,18)(H2,15,16,19). The van der Waals surface area contributed by atoms with E-state index in [9.17, 15) is 14.7 Å². The van der Waals surface area contributed by atoms with Crippen molar-refractivity contribution >= 4 is 12.0 Å². The van der Waals surface area contributed by atoms with E-state index >= 15 is 0 Å². The smallest absolute Gasteiger partial charge is 0.329 e. The first kappa shape index (κ1) is 16.0. The lowest BCUT2D eigenvalue weighted by atomic mass is 9.90. The van der Waals surface area contributed by atoms with E-state index in [2.05, 4.69) is 10.6 Å². The van der Waals surface area contributed by atoms with Crippen LogP contribution in [0.4, 0.5) is 4.79 Å². The van der Waals surface area contributed by atoms with E-state index in [0.717, 1.165) is 12.8 Å². The fraction of sp³-hybridized carbons (Fsp3) is 0.857. The van der Waals surface area contributed by atoms with Gasteiger partial charge in [-0.25, -0.2) is 9.59 Å². The zero-order valence-corrected chi connectivity index (χ0v) is 12.6. The molecule has 7 heteroatoms. The maximum atomic E-state index is 12.0. The zero-order valence-electron chi connectivity index (χ0n) is 12.6. The maximum absolute atomic E-state index is 12.0. The van der Waals surface area contributed by atoms with Crippen LogP contribution >= 0.6 is 0 Å². The monoisotopic (exact) mass is 300 g/mol. The molecule has 1 unspecified atom stereocenters.